The van der Waals surface area contributed by atoms with Gasteiger partial charge >= 0.3 is 0 Å². The summed E-state index contributed by atoms with van der Waals surface area (Å²) in [6.07, 6.45) is 3.46. The fourth-order valence-corrected chi connectivity index (χ4v) is 3.68. The Kier molecular flexibility index (Phi) is 2.85. The summed E-state index contributed by atoms with van der Waals surface area (Å²) in [4.78, 5) is 12.2. The maximum Gasteiger partial charge on any atom is 0.227 e. The number of nitrogens with one attached hydrogen (secondary N) is 1. The lowest BCUT2D eigenvalue weighted by molar-refractivity contribution is -0.120. The predicted octanol–water partition coefficient (Wildman–Crippen LogP) is 3.32. The van der Waals surface area contributed by atoms with Crippen molar-refractivity contribution in [3.8, 4) is 0 Å². The van der Waals surface area contributed by atoms with Gasteiger partial charge < -0.3 is 11.1 Å². The summed E-state index contributed by atoms with van der Waals surface area (Å²) in [6, 6.07) is 3.80. The molecule has 1 aromatic rings. The Morgan fingerprint density at radius 3 is 2.61 bits per heavy atom. The molecule has 3 nitrogen and oxygen atoms in total. The number of amides is 1. The smallest absolute Gasteiger partial charge is 0.227 e. The number of hydrogen-bond acceptors (Lipinski definition) is 2. The van der Waals surface area contributed by atoms with Crippen LogP contribution < -0.4 is 11.1 Å². The topological polar surface area (TPSA) is 55.1 Å². The van der Waals surface area contributed by atoms with Crippen molar-refractivity contribution >= 4 is 33.2 Å². The molecular weight excluding hydrogens is 292 g/mol. The zero-order valence-corrected chi connectivity index (χ0v) is 12.0. The predicted molar refractivity (Wildman–Crippen MR) is 76.2 cm³/mol. The fourth-order valence-electron chi connectivity index (χ4n) is 3.09. The van der Waals surface area contributed by atoms with E-state index in [1.807, 2.05) is 19.1 Å². The minimum Gasteiger partial charge on any atom is -0.397 e. The highest BCUT2D eigenvalue weighted by Crippen LogP contribution is 2.54. The molecule has 0 aliphatic heterocycles. The molecule has 2 aliphatic rings. The Balaban J connectivity index is 1.74. The van der Waals surface area contributed by atoms with Gasteiger partial charge in [-0.25, -0.2) is 0 Å². The lowest BCUT2D eigenvalue weighted by Gasteiger charge is -2.16. The molecule has 0 aromatic heterocycles. The maximum absolute atomic E-state index is 12.2. The molecule has 0 radical (unpaired) electrons. The van der Waals surface area contributed by atoms with Crippen molar-refractivity contribution in [1.29, 1.82) is 0 Å². The fraction of sp³-hybridized carbons (Fsp3) is 0.500. The number of halogens is 1. The number of nitrogens with two attached hydrogens (primary N) is 1. The summed E-state index contributed by atoms with van der Waals surface area (Å²) >= 11 is 3.40. The second kappa shape index (κ2) is 4.26. The average Bonchev–Trinajstić information content (AvgIpc) is 2.90. The molecule has 0 heterocycles. The van der Waals surface area contributed by atoms with Crippen LogP contribution in [0, 0.1) is 24.7 Å². The monoisotopic (exact) mass is 308 g/mol. The standard InChI is InChI=1S/C14H17BrN2O/c1-7-2-11(15)6-12(16)13(7)17-14(18)10-4-8-3-9(8)5-10/h2,6,8-10H,3-5,16H2,1H3,(H,17,18). The summed E-state index contributed by atoms with van der Waals surface area (Å²) in [5, 5.41) is 3.00. The number of rotatable bonds is 2. The number of fused-ring (bicyclic) bond motifs is 1. The van der Waals surface area contributed by atoms with Crippen LogP contribution in [0.5, 0.6) is 0 Å². The normalized spacial score (nSPS) is 28.9. The lowest BCUT2D eigenvalue weighted by Crippen LogP contribution is -2.22. The van der Waals surface area contributed by atoms with E-state index in [0.29, 0.717) is 5.69 Å². The number of aryl methyl sites for hydroxylation is 1. The first-order chi connectivity index (χ1) is 8.54. The van der Waals surface area contributed by atoms with E-state index in [0.717, 1.165) is 40.4 Å². The average molecular weight is 309 g/mol. The summed E-state index contributed by atoms with van der Waals surface area (Å²) < 4.78 is 0.942. The van der Waals surface area contributed by atoms with Gasteiger partial charge in [-0.15, -0.1) is 0 Å². The van der Waals surface area contributed by atoms with Gasteiger partial charge in [-0.05, 0) is 55.7 Å². The molecule has 3 N–H and O–H groups in total. The van der Waals surface area contributed by atoms with E-state index in [1.165, 1.54) is 6.42 Å². The Morgan fingerprint density at radius 2 is 2.00 bits per heavy atom. The van der Waals surface area contributed by atoms with Crippen molar-refractivity contribution in [1.82, 2.24) is 0 Å². The highest BCUT2D eigenvalue weighted by molar-refractivity contribution is 9.10. The van der Waals surface area contributed by atoms with Crippen molar-refractivity contribution < 1.29 is 4.79 Å². The molecule has 1 amide bonds. The third kappa shape index (κ3) is 2.14. The molecule has 0 spiro atoms. The molecular formula is C14H17BrN2O. The number of carbonyl (C=O) groups is 1. The van der Waals surface area contributed by atoms with Gasteiger partial charge in [-0.1, -0.05) is 15.9 Å². The molecule has 2 atom stereocenters. The summed E-state index contributed by atoms with van der Waals surface area (Å²) in [7, 11) is 0. The van der Waals surface area contributed by atoms with Crippen molar-refractivity contribution in [2.24, 2.45) is 17.8 Å². The van der Waals surface area contributed by atoms with Crippen molar-refractivity contribution in [3.63, 3.8) is 0 Å². The van der Waals surface area contributed by atoms with Crippen LogP contribution in [0.15, 0.2) is 16.6 Å². The molecule has 3 rings (SSSR count). The molecule has 2 saturated carbocycles. The summed E-state index contributed by atoms with van der Waals surface area (Å²) in [5.74, 6) is 1.98. The Morgan fingerprint density at radius 1 is 1.33 bits per heavy atom. The molecule has 1 aromatic carbocycles. The summed E-state index contributed by atoms with van der Waals surface area (Å²) in [5.41, 5.74) is 8.35. The van der Waals surface area contributed by atoms with E-state index in [9.17, 15) is 4.79 Å². The first kappa shape index (κ1) is 12.0. The first-order valence-electron chi connectivity index (χ1n) is 6.41. The van der Waals surface area contributed by atoms with Crippen molar-refractivity contribution in [2.75, 3.05) is 11.1 Å². The third-order valence-electron chi connectivity index (χ3n) is 4.19. The van der Waals surface area contributed by atoms with Crippen LogP contribution in [0.4, 0.5) is 11.4 Å². The second-order valence-electron chi connectivity index (χ2n) is 5.60. The molecule has 18 heavy (non-hydrogen) atoms. The first-order valence-corrected chi connectivity index (χ1v) is 7.20. The van der Waals surface area contributed by atoms with Crippen LogP contribution in [0.25, 0.3) is 0 Å². The molecule has 2 unspecified atom stereocenters. The largest absolute Gasteiger partial charge is 0.397 e. The van der Waals surface area contributed by atoms with Gasteiger partial charge in [-0.2, -0.15) is 0 Å². The van der Waals surface area contributed by atoms with E-state index in [1.54, 1.807) is 0 Å². The van der Waals surface area contributed by atoms with Crippen LogP contribution in [-0.4, -0.2) is 5.91 Å². The Labute approximate surface area is 115 Å². The van der Waals surface area contributed by atoms with E-state index in [2.05, 4.69) is 21.2 Å². The molecule has 2 aliphatic carbocycles. The van der Waals surface area contributed by atoms with Gasteiger partial charge in [0.2, 0.25) is 5.91 Å². The number of nitrogen functional groups attached to an aromatic ring is 1. The number of carbonyl (C=O) groups excluding carboxylic acids is 1. The molecule has 0 bridgehead atoms. The van der Waals surface area contributed by atoms with Crippen molar-refractivity contribution in [3.05, 3.63) is 22.2 Å². The highest BCUT2D eigenvalue weighted by Gasteiger charge is 2.48. The Hall–Kier alpha value is -1.03. The van der Waals surface area contributed by atoms with Gasteiger partial charge in [0, 0.05) is 10.4 Å². The second-order valence-corrected chi connectivity index (χ2v) is 6.52. The van der Waals surface area contributed by atoms with Crippen LogP contribution in [0.2, 0.25) is 0 Å². The van der Waals surface area contributed by atoms with E-state index in [-0.39, 0.29) is 11.8 Å². The number of hydrogen-bond donors (Lipinski definition) is 2. The third-order valence-corrected chi connectivity index (χ3v) is 4.65. The minimum absolute atomic E-state index is 0.138. The van der Waals surface area contributed by atoms with E-state index >= 15 is 0 Å². The van der Waals surface area contributed by atoms with Crippen LogP contribution in [0.1, 0.15) is 24.8 Å². The van der Waals surface area contributed by atoms with Gasteiger partial charge in [0.05, 0.1) is 11.4 Å². The lowest BCUT2D eigenvalue weighted by atomic mass is 10.0. The van der Waals surface area contributed by atoms with E-state index < -0.39 is 0 Å². The van der Waals surface area contributed by atoms with Gasteiger partial charge in [0.15, 0.2) is 0 Å². The molecule has 2 fully saturated rings. The van der Waals surface area contributed by atoms with Gasteiger partial charge in [-0.3, -0.25) is 4.79 Å². The van der Waals surface area contributed by atoms with Gasteiger partial charge in [0.1, 0.15) is 0 Å². The molecule has 4 heteroatoms. The zero-order chi connectivity index (χ0) is 12.9. The molecule has 0 saturated heterocycles. The Bertz CT molecular complexity index is 482. The molecule has 96 valence electrons. The van der Waals surface area contributed by atoms with E-state index in [4.69, 9.17) is 5.73 Å². The zero-order valence-electron chi connectivity index (χ0n) is 10.4. The van der Waals surface area contributed by atoms with Crippen molar-refractivity contribution in [2.45, 2.75) is 26.2 Å². The minimum atomic E-state index is 0.138. The van der Waals surface area contributed by atoms with Crippen LogP contribution >= 0.6 is 15.9 Å². The quantitative estimate of drug-likeness (QED) is 0.823. The van der Waals surface area contributed by atoms with Crippen LogP contribution in [-0.2, 0) is 4.79 Å². The SMILES string of the molecule is Cc1cc(Br)cc(N)c1NC(=O)C1CC2CC2C1. The number of anilines is 2. The van der Waals surface area contributed by atoms with Gasteiger partial charge in [0.25, 0.3) is 0 Å². The highest BCUT2D eigenvalue weighted by atomic mass is 79.9. The maximum atomic E-state index is 12.2. The number of benzene rings is 1. The summed E-state index contributed by atoms with van der Waals surface area (Å²) in [6.45, 7) is 1.96. The van der Waals surface area contributed by atoms with Crippen LogP contribution in [0.3, 0.4) is 0 Å².